The lowest BCUT2D eigenvalue weighted by atomic mass is 10.2. The number of hydrogen-bond donors (Lipinski definition) is 2. The third kappa shape index (κ3) is 3.17. The van der Waals surface area contributed by atoms with Gasteiger partial charge in [-0.1, -0.05) is 0 Å². The number of fused-ring (bicyclic) bond motifs is 1. The first-order chi connectivity index (χ1) is 10.8. The molecule has 0 bridgehead atoms. The van der Waals surface area contributed by atoms with Gasteiger partial charge in [0.25, 0.3) is 5.56 Å². The lowest BCUT2D eigenvalue weighted by Crippen LogP contribution is -2.32. The quantitative estimate of drug-likeness (QED) is 0.453. The van der Waals surface area contributed by atoms with Crippen LogP contribution in [0.3, 0.4) is 0 Å². The van der Waals surface area contributed by atoms with Gasteiger partial charge in [-0.25, -0.2) is 9.97 Å². The summed E-state index contributed by atoms with van der Waals surface area (Å²) < 4.78 is 21.4. The molecule has 1 saturated heterocycles. The maximum Gasteiger partial charge on any atom is 0.278 e. The summed E-state index contributed by atoms with van der Waals surface area (Å²) in [6, 6.07) is 0. The molecule has 23 heavy (non-hydrogen) atoms. The SMILES string of the molecule is O=c1[nH]cnc2c1ncn2[C@@H]1O[C@H](COP(=O)([O-])[O-])[C@@H](O)[C@H]1Cl. The number of aliphatic hydroxyl groups excluding tert-OH is 1. The molecule has 2 N–H and O–H groups in total. The molecule has 2 aromatic heterocycles. The van der Waals surface area contributed by atoms with Crippen molar-refractivity contribution < 1.29 is 28.7 Å². The molecule has 1 fully saturated rings. The van der Waals surface area contributed by atoms with Gasteiger partial charge >= 0.3 is 0 Å². The number of imidazole rings is 1. The maximum atomic E-state index is 11.6. The Labute approximate surface area is 133 Å². The van der Waals surface area contributed by atoms with E-state index in [1.54, 1.807) is 0 Å². The Morgan fingerprint density at radius 3 is 2.96 bits per heavy atom. The summed E-state index contributed by atoms with van der Waals surface area (Å²) in [4.78, 5) is 42.9. The second-order valence-electron chi connectivity index (χ2n) is 4.80. The predicted octanol–water partition coefficient (Wildman–Crippen LogP) is -2.17. The minimum atomic E-state index is -5.20. The molecule has 0 saturated carbocycles. The summed E-state index contributed by atoms with van der Waals surface area (Å²) in [5.74, 6) is 0. The van der Waals surface area contributed by atoms with E-state index in [1.807, 2.05) is 0 Å². The number of phosphoric acid groups is 1. The number of aromatic nitrogens is 4. The lowest BCUT2D eigenvalue weighted by Gasteiger charge is -2.30. The van der Waals surface area contributed by atoms with Crippen LogP contribution in [-0.4, -0.2) is 48.8 Å². The fraction of sp³-hybridized carbons (Fsp3) is 0.500. The average molecular weight is 365 g/mol. The van der Waals surface area contributed by atoms with Crippen LogP contribution in [0.1, 0.15) is 6.23 Å². The first-order valence-corrected chi connectivity index (χ1v) is 8.22. The van der Waals surface area contributed by atoms with Gasteiger partial charge in [-0.3, -0.25) is 9.36 Å². The molecule has 3 heterocycles. The van der Waals surface area contributed by atoms with Gasteiger partial charge in [-0.05, 0) is 0 Å². The fourth-order valence-electron chi connectivity index (χ4n) is 2.28. The Morgan fingerprint density at radius 2 is 2.26 bits per heavy atom. The highest BCUT2D eigenvalue weighted by Gasteiger charge is 2.44. The maximum absolute atomic E-state index is 11.6. The van der Waals surface area contributed by atoms with Gasteiger partial charge in [0, 0.05) is 0 Å². The molecule has 0 spiro atoms. The van der Waals surface area contributed by atoms with Crippen LogP contribution in [0.5, 0.6) is 0 Å². The number of aliphatic hydroxyl groups is 1. The molecule has 126 valence electrons. The van der Waals surface area contributed by atoms with Crippen molar-refractivity contribution in [1.29, 1.82) is 0 Å². The molecular formula is C10H10ClN4O7P-2. The first kappa shape index (κ1) is 16.5. The van der Waals surface area contributed by atoms with Gasteiger partial charge in [0.1, 0.15) is 17.6 Å². The zero-order valence-electron chi connectivity index (χ0n) is 11.2. The van der Waals surface area contributed by atoms with E-state index in [0.717, 1.165) is 0 Å². The van der Waals surface area contributed by atoms with Gasteiger partial charge in [-0.2, -0.15) is 0 Å². The van der Waals surface area contributed by atoms with Gasteiger partial charge in [0.2, 0.25) is 0 Å². The van der Waals surface area contributed by atoms with Crippen LogP contribution in [0.25, 0.3) is 11.2 Å². The van der Waals surface area contributed by atoms with Crippen LogP contribution in [-0.2, 0) is 13.8 Å². The molecule has 1 aliphatic heterocycles. The van der Waals surface area contributed by atoms with Gasteiger partial charge in [0.05, 0.1) is 27.1 Å². The third-order valence-electron chi connectivity index (χ3n) is 3.33. The number of aromatic amines is 1. The summed E-state index contributed by atoms with van der Waals surface area (Å²) in [5, 5.41) is 9.00. The Morgan fingerprint density at radius 1 is 1.52 bits per heavy atom. The van der Waals surface area contributed by atoms with E-state index in [4.69, 9.17) is 16.3 Å². The molecule has 0 radical (unpaired) electrons. The molecule has 4 atom stereocenters. The summed E-state index contributed by atoms with van der Waals surface area (Å²) in [7, 11) is -5.20. The van der Waals surface area contributed by atoms with E-state index in [0.29, 0.717) is 0 Å². The molecular weight excluding hydrogens is 355 g/mol. The van der Waals surface area contributed by atoms with Crippen LogP contribution >= 0.6 is 19.4 Å². The van der Waals surface area contributed by atoms with Gasteiger partial charge in [0.15, 0.2) is 17.4 Å². The van der Waals surface area contributed by atoms with Crippen LogP contribution < -0.4 is 15.3 Å². The Balaban J connectivity index is 1.87. The monoisotopic (exact) mass is 364 g/mol. The fourth-order valence-corrected chi connectivity index (χ4v) is 2.95. The van der Waals surface area contributed by atoms with Crippen molar-refractivity contribution in [2.75, 3.05) is 6.61 Å². The molecule has 0 aromatic carbocycles. The number of nitrogens with zero attached hydrogens (tertiary/aromatic N) is 3. The second-order valence-corrected chi connectivity index (χ2v) is 6.46. The van der Waals surface area contributed by atoms with Crippen molar-refractivity contribution >= 4 is 30.6 Å². The van der Waals surface area contributed by atoms with Crippen LogP contribution in [0.4, 0.5) is 0 Å². The highest BCUT2D eigenvalue weighted by molar-refractivity contribution is 7.43. The molecule has 0 amide bonds. The second kappa shape index (κ2) is 5.95. The average Bonchev–Trinajstić information content (AvgIpc) is 3.01. The van der Waals surface area contributed by atoms with E-state index in [2.05, 4.69) is 19.5 Å². The smallest absolute Gasteiger partial charge is 0.278 e. The van der Waals surface area contributed by atoms with Crippen LogP contribution in [0, 0.1) is 0 Å². The number of nitrogens with one attached hydrogen (secondary N) is 1. The zero-order chi connectivity index (χ0) is 16.8. The number of halogens is 1. The third-order valence-corrected chi connectivity index (χ3v) is 4.27. The van der Waals surface area contributed by atoms with Crippen LogP contribution in [0.2, 0.25) is 0 Å². The minimum Gasteiger partial charge on any atom is -0.790 e. The predicted molar refractivity (Wildman–Crippen MR) is 71.3 cm³/mol. The summed E-state index contributed by atoms with van der Waals surface area (Å²) >= 11 is 6.09. The van der Waals surface area contributed by atoms with Crippen molar-refractivity contribution in [2.45, 2.75) is 23.8 Å². The van der Waals surface area contributed by atoms with E-state index in [-0.39, 0.29) is 11.2 Å². The molecule has 13 heteroatoms. The number of hydrogen-bond acceptors (Lipinski definition) is 9. The Kier molecular flexibility index (Phi) is 4.27. The Bertz CT molecular complexity index is 819. The normalized spacial score (nSPS) is 28.5. The summed E-state index contributed by atoms with van der Waals surface area (Å²) in [6.07, 6.45) is -0.985. The standard InChI is InChI=1S/C10H12ClN4O7P/c11-5-7(16)4(1-21-23(18,19)20)22-10(5)15-3-14-6-8(15)12-2-13-9(6)17/h2-5,7,10,16H,1H2,(H,12,13,17)(H2,18,19,20)/p-2/t4-,5-,7-,10-/m1/s1. The minimum absolute atomic E-state index is 0.0535. The number of alkyl halides is 1. The highest BCUT2D eigenvalue weighted by atomic mass is 35.5. The van der Waals surface area contributed by atoms with Gasteiger partial charge < -0.3 is 33.7 Å². The molecule has 11 nitrogen and oxygen atoms in total. The number of phosphoric ester groups is 1. The molecule has 2 aromatic rings. The summed E-state index contributed by atoms with van der Waals surface area (Å²) in [5.41, 5.74) is -0.230. The highest BCUT2D eigenvalue weighted by Crippen LogP contribution is 2.36. The summed E-state index contributed by atoms with van der Waals surface area (Å²) in [6.45, 7) is -0.675. The van der Waals surface area contributed by atoms with E-state index >= 15 is 0 Å². The number of H-pyrrole nitrogens is 1. The number of ether oxygens (including phenoxy) is 1. The zero-order valence-corrected chi connectivity index (χ0v) is 12.9. The largest absolute Gasteiger partial charge is 0.790 e. The Hall–Kier alpha value is -1.33. The van der Waals surface area contributed by atoms with E-state index in [1.165, 1.54) is 17.2 Å². The van der Waals surface area contributed by atoms with Crippen molar-refractivity contribution in [3.05, 3.63) is 23.0 Å². The van der Waals surface area contributed by atoms with Gasteiger partial charge in [-0.15, -0.1) is 11.6 Å². The molecule has 1 aliphatic rings. The van der Waals surface area contributed by atoms with Crippen LogP contribution in [0.15, 0.2) is 17.4 Å². The molecule has 3 rings (SSSR count). The van der Waals surface area contributed by atoms with E-state index in [9.17, 15) is 24.3 Å². The van der Waals surface area contributed by atoms with Crippen molar-refractivity contribution in [1.82, 2.24) is 19.5 Å². The number of rotatable bonds is 4. The van der Waals surface area contributed by atoms with Crippen molar-refractivity contribution in [2.24, 2.45) is 0 Å². The van der Waals surface area contributed by atoms with E-state index < -0.39 is 43.8 Å². The topological polar surface area (TPSA) is 165 Å². The molecule has 0 aliphatic carbocycles. The molecule has 0 unspecified atom stereocenters. The first-order valence-electron chi connectivity index (χ1n) is 6.32. The van der Waals surface area contributed by atoms with Crippen molar-refractivity contribution in [3.8, 4) is 0 Å². The van der Waals surface area contributed by atoms with Crippen molar-refractivity contribution in [3.63, 3.8) is 0 Å². The lowest BCUT2D eigenvalue weighted by molar-refractivity contribution is -0.343.